The molecule has 86 valence electrons. The van der Waals surface area contributed by atoms with Gasteiger partial charge in [-0.1, -0.05) is 15.9 Å². The monoisotopic (exact) mass is 286 g/mol. The van der Waals surface area contributed by atoms with Crippen LogP contribution in [0.1, 0.15) is 19.4 Å². The van der Waals surface area contributed by atoms with Crippen molar-refractivity contribution < 1.29 is 13.9 Å². The molecule has 0 amide bonds. The second kappa shape index (κ2) is 5.80. The van der Waals surface area contributed by atoms with Crippen LogP contribution in [0.5, 0.6) is 0 Å². The van der Waals surface area contributed by atoms with Crippen molar-refractivity contribution in [2.24, 2.45) is 0 Å². The highest BCUT2D eigenvalue weighted by molar-refractivity contribution is 9.10. The normalized spacial score (nSPS) is 11.4. The first-order valence-electron chi connectivity index (χ1n) is 4.85. The maximum Gasteiger partial charge on any atom is 0.333 e. The van der Waals surface area contributed by atoms with Crippen LogP contribution >= 0.6 is 15.9 Å². The molecular weight excluding hydrogens is 275 g/mol. The van der Waals surface area contributed by atoms with E-state index in [1.807, 2.05) is 0 Å². The number of benzene rings is 1. The van der Waals surface area contributed by atoms with Crippen LogP contribution in [0.3, 0.4) is 0 Å². The fraction of sp³-hybridized carbons (Fsp3) is 0.250. The summed E-state index contributed by atoms with van der Waals surface area (Å²) >= 11 is 3.28. The zero-order chi connectivity index (χ0) is 12.1. The van der Waals surface area contributed by atoms with E-state index in [4.69, 9.17) is 4.74 Å². The lowest BCUT2D eigenvalue weighted by Crippen LogP contribution is -2.04. The summed E-state index contributed by atoms with van der Waals surface area (Å²) in [5, 5.41) is 0. The summed E-state index contributed by atoms with van der Waals surface area (Å²) in [4.78, 5) is 11.3. The second-order valence-corrected chi connectivity index (χ2v) is 4.07. The lowest BCUT2D eigenvalue weighted by Gasteiger charge is -2.03. The van der Waals surface area contributed by atoms with E-state index in [2.05, 4.69) is 15.9 Å². The lowest BCUT2D eigenvalue weighted by atomic mass is 10.1. The molecule has 16 heavy (non-hydrogen) atoms. The molecule has 0 heterocycles. The first-order valence-corrected chi connectivity index (χ1v) is 5.64. The highest BCUT2D eigenvalue weighted by Crippen LogP contribution is 2.20. The number of ether oxygens (including phenoxy) is 1. The van der Waals surface area contributed by atoms with Gasteiger partial charge in [0.05, 0.1) is 6.61 Å². The Balaban J connectivity index is 2.97. The number of carbonyl (C=O) groups is 1. The van der Waals surface area contributed by atoms with Crippen LogP contribution in [-0.2, 0) is 9.53 Å². The number of hydrogen-bond acceptors (Lipinski definition) is 2. The first kappa shape index (κ1) is 12.9. The van der Waals surface area contributed by atoms with Crippen LogP contribution in [0, 0.1) is 5.82 Å². The van der Waals surface area contributed by atoms with Gasteiger partial charge < -0.3 is 4.74 Å². The number of hydrogen-bond donors (Lipinski definition) is 0. The fourth-order valence-electron chi connectivity index (χ4n) is 1.16. The summed E-state index contributed by atoms with van der Waals surface area (Å²) < 4.78 is 18.5. The molecule has 1 aromatic carbocycles. The van der Waals surface area contributed by atoms with Crippen LogP contribution in [0.2, 0.25) is 0 Å². The van der Waals surface area contributed by atoms with E-state index in [1.54, 1.807) is 26.0 Å². The maximum atomic E-state index is 13.0. The quantitative estimate of drug-likeness (QED) is 0.627. The third kappa shape index (κ3) is 3.45. The molecule has 0 spiro atoms. The molecule has 0 aromatic heterocycles. The molecule has 0 saturated heterocycles. The average Bonchev–Trinajstić information content (AvgIpc) is 2.23. The molecule has 4 heteroatoms. The summed E-state index contributed by atoms with van der Waals surface area (Å²) in [6, 6.07) is 4.30. The molecule has 0 aliphatic heterocycles. The molecule has 0 unspecified atom stereocenters. The minimum atomic E-state index is -0.390. The highest BCUT2D eigenvalue weighted by Gasteiger charge is 2.06. The van der Waals surface area contributed by atoms with Crippen molar-refractivity contribution in [1.82, 2.24) is 0 Å². The van der Waals surface area contributed by atoms with Crippen LogP contribution in [0.4, 0.5) is 4.39 Å². The van der Waals surface area contributed by atoms with E-state index in [1.165, 1.54) is 12.1 Å². The van der Waals surface area contributed by atoms with Crippen molar-refractivity contribution >= 4 is 28.0 Å². The van der Waals surface area contributed by atoms with Gasteiger partial charge in [0.2, 0.25) is 0 Å². The Bertz CT molecular complexity index is 427. The molecule has 2 nitrogen and oxygen atoms in total. The van der Waals surface area contributed by atoms with E-state index < -0.39 is 5.97 Å². The predicted octanol–water partition coefficient (Wildman–Crippen LogP) is 3.55. The fourth-order valence-corrected chi connectivity index (χ4v) is 1.52. The van der Waals surface area contributed by atoms with Crippen molar-refractivity contribution in [2.45, 2.75) is 13.8 Å². The van der Waals surface area contributed by atoms with Gasteiger partial charge in [-0.3, -0.25) is 0 Å². The van der Waals surface area contributed by atoms with Crippen LogP contribution in [0.25, 0.3) is 6.08 Å². The number of carbonyl (C=O) groups excluding carboxylic acids is 1. The van der Waals surface area contributed by atoms with Gasteiger partial charge in [-0.2, -0.15) is 0 Å². The molecular formula is C12H12BrFO2. The summed E-state index contributed by atoms with van der Waals surface area (Å²) in [6.45, 7) is 3.70. The van der Waals surface area contributed by atoms with Gasteiger partial charge in [0.25, 0.3) is 0 Å². The number of esters is 1. The minimum absolute atomic E-state index is 0.328. The molecule has 0 bridgehead atoms. The molecule has 0 atom stereocenters. The highest BCUT2D eigenvalue weighted by atomic mass is 79.9. The van der Waals surface area contributed by atoms with E-state index in [9.17, 15) is 9.18 Å². The summed E-state index contributed by atoms with van der Waals surface area (Å²) in [5.41, 5.74) is 1.05. The number of halogens is 2. The molecule has 0 radical (unpaired) electrons. The predicted molar refractivity (Wildman–Crippen MR) is 64.4 cm³/mol. The number of rotatable bonds is 3. The second-order valence-electron chi connectivity index (χ2n) is 3.21. The topological polar surface area (TPSA) is 26.3 Å². The van der Waals surface area contributed by atoms with Crippen LogP contribution < -0.4 is 0 Å². The van der Waals surface area contributed by atoms with Gasteiger partial charge in [-0.05, 0) is 43.7 Å². The molecule has 0 fully saturated rings. The summed E-state index contributed by atoms with van der Waals surface area (Å²) in [7, 11) is 0. The minimum Gasteiger partial charge on any atom is -0.463 e. The summed E-state index contributed by atoms with van der Waals surface area (Å²) in [6.07, 6.45) is 1.59. The van der Waals surface area contributed by atoms with E-state index in [0.29, 0.717) is 17.7 Å². The maximum absolute atomic E-state index is 13.0. The van der Waals surface area contributed by atoms with Gasteiger partial charge in [-0.15, -0.1) is 0 Å². The Kier molecular flexibility index (Phi) is 4.68. The Morgan fingerprint density at radius 1 is 1.56 bits per heavy atom. The van der Waals surface area contributed by atoms with Crippen LogP contribution in [-0.4, -0.2) is 12.6 Å². The van der Waals surface area contributed by atoms with Gasteiger partial charge in [0.15, 0.2) is 0 Å². The first-order chi connectivity index (χ1) is 7.54. The van der Waals surface area contributed by atoms with Gasteiger partial charge in [-0.25, -0.2) is 9.18 Å². The van der Waals surface area contributed by atoms with Gasteiger partial charge in [0.1, 0.15) is 5.82 Å². The standard InChI is InChI=1S/C12H12BrFO2/c1-3-16-12(15)8(2)6-9-7-10(14)4-5-11(9)13/h4-7H,3H2,1-2H3/b8-6+. The van der Waals surface area contributed by atoms with Crippen molar-refractivity contribution in [3.8, 4) is 0 Å². The van der Waals surface area contributed by atoms with Crippen molar-refractivity contribution in [3.63, 3.8) is 0 Å². The van der Waals surface area contributed by atoms with Crippen molar-refractivity contribution in [3.05, 3.63) is 39.6 Å². The SMILES string of the molecule is CCOC(=O)/C(C)=C/c1cc(F)ccc1Br. The van der Waals surface area contributed by atoms with E-state index in [0.717, 1.165) is 4.47 Å². The Morgan fingerprint density at radius 3 is 2.88 bits per heavy atom. The molecule has 1 aromatic rings. The molecule has 1 rings (SSSR count). The molecule has 0 aliphatic rings. The van der Waals surface area contributed by atoms with Gasteiger partial charge >= 0.3 is 5.97 Å². The zero-order valence-electron chi connectivity index (χ0n) is 9.09. The van der Waals surface area contributed by atoms with E-state index >= 15 is 0 Å². The molecule has 0 aliphatic carbocycles. The van der Waals surface area contributed by atoms with Crippen molar-refractivity contribution in [1.29, 1.82) is 0 Å². The third-order valence-electron chi connectivity index (χ3n) is 1.93. The Morgan fingerprint density at radius 2 is 2.25 bits per heavy atom. The molecule has 0 saturated carbocycles. The average molecular weight is 287 g/mol. The largest absolute Gasteiger partial charge is 0.463 e. The smallest absolute Gasteiger partial charge is 0.333 e. The Hall–Kier alpha value is -1.16. The zero-order valence-corrected chi connectivity index (χ0v) is 10.7. The van der Waals surface area contributed by atoms with E-state index in [-0.39, 0.29) is 5.82 Å². The van der Waals surface area contributed by atoms with Crippen molar-refractivity contribution in [2.75, 3.05) is 6.61 Å². The lowest BCUT2D eigenvalue weighted by molar-refractivity contribution is -0.138. The molecule has 0 N–H and O–H groups in total. The Labute approximate surface area is 102 Å². The third-order valence-corrected chi connectivity index (χ3v) is 2.65. The van der Waals surface area contributed by atoms with Crippen LogP contribution in [0.15, 0.2) is 28.2 Å². The van der Waals surface area contributed by atoms with Gasteiger partial charge in [0, 0.05) is 10.0 Å². The summed E-state index contributed by atoms with van der Waals surface area (Å²) in [5.74, 6) is -0.732.